The molecule has 74 valence electrons. The second-order valence-corrected chi connectivity index (χ2v) is 2.46. The summed E-state index contributed by atoms with van der Waals surface area (Å²) in [6.45, 7) is 3.47. The minimum Gasteiger partial charge on any atom is -0.166 e. The van der Waals surface area contributed by atoms with E-state index in [0.717, 1.165) is 12.2 Å². The van der Waals surface area contributed by atoms with Gasteiger partial charge in [0.05, 0.1) is 5.57 Å². The van der Waals surface area contributed by atoms with Crippen LogP contribution in [0.25, 0.3) is 0 Å². The van der Waals surface area contributed by atoms with Crippen molar-refractivity contribution < 1.29 is 13.2 Å². The second-order valence-electron chi connectivity index (χ2n) is 2.46. The van der Waals surface area contributed by atoms with Crippen molar-refractivity contribution in [2.45, 2.75) is 26.4 Å². The van der Waals surface area contributed by atoms with Gasteiger partial charge in [-0.15, -0.1) is 0 Å². The van der Waals surface area contributed by atoms with Gasteiger partial charge in [0.15, 0.2) is 0 Å². The molecule has 0 atom stereocenters. The summed E-state index contributed by atoms with van der Waals surface area (Å²) in [7, 11) is 0. The fourth-order valence-corrected chi connectivity index (χ4v) is 0.689. The maximum atomic E-state index is 12.2. The molecule has 0 saturated heterocycles. The fourth-order valence-electron chi connectivity index (χ4n) is 0.689. The van der Waals surface area contributed by atoms with Gasteiger partial charge in [-0.1, -0.05) is 37.3 Å². The molecule has 0 heterocycles. The first-order valence-corrected chi connectivity index (χ1v) is 4.09. The Labute approximate surface area is 76.5 Å². The average molecular weight is 190 g/mol. The van der Waals surface area contributed by atoms with E-state index in [1.165, 1.54) is 12.2 Å². The predicted octanol–water partition coefficient (Wildman–Crippen LogP) is 4.02. The van der Waals surface area contributed by atoms with Crippen LogP contribution in [0.1, 0.15) is 20.3 Å². The molecule has 0 fully saturated rings. The van der Waals surface area contributed by atoms with Crippen LogP contribution in [0.4, 0.5) is 13.2 Å². The van der Waals surface area contributed by atoms with Crippen molar-refractivity contribution >= 4 is 0 Å². The van der Waals surface area contributed by atoms with Gasteiger partial charge in [-0.2, -0.15) is 13.2 Å². The summed E-state index contributed by atoms with van der Waals surface area (Å²) in [5.74, 6) is 0. The zero-order chi connectivity index (χ0) is 10.3. The van der Waals surface area contributed by atoms with E-state index in [1.807, 2.05) is 0 Å². The lowest BCUT2D eigenvalue weighted by molar-refractivity contribution is -0.0881. The third-order valence-corrected chi connectivity index (χ3v) is 1.33. The number of halogens is 3. The predicted molar refractivity (Wildman–Crippen MR) is 48.4 cm³/mol. The van der Waals surface area contributed by atoms with E-state index in [-0.39, 0.29) is 0 Å². The Morgan fingerprint density at radius 2 is 1.92 bits per heavy atom. The first kappa shape index (κ1) is 12.0. The molecule has 0 aliphatic heterocycles. The third kappa shape index (κ3) is 5.28. The highest BCUT2D eigenvalue weighted by atomic mass is 19.4. The summed E-state index contributed by atoms with van der Waals surface area (Å²) in [4.78, 5) is 0. The minimum atomic E-state index is -4.26. The zero-order valence-corrected chi connectivity index (χ0v) is 7.73. The second kappa shape index (κ2) is 5.62. The summed E-state index contributed by atoms with van der Waals surface area (Å²) < 4.78 is 36.6. The lowest BCUT2D eigenvalue weighted by atomic mass is 10.2. The van der Waals surface area contributed by atoms with Gasteiger partial charge in [0.2, 0.25) is 0 Å². The molecule has 0 aromatic carbocycles. The summed E-state index contributed by atoms with van der Waals surface area (Å²) in [6, 6.07) is 0. The molecule has 0 unspecified atom stereocenters. The Morgan fingerprint density at radius 1 is 1.31 bits per heavy atom. The van der Waals surface area contributed by atoms with Gasteiger partial charge in [0, 0.05) is 0 Å². The monoisotopic (exact) mass is 190 g/mol. The number of hydrogen-bond donors (Lipinski definition) is 0. The van der Waals surface area contributed by atoms with Gasteiger partial charge in [-0.3, -0.25) is 0 Å². The summed E-state index contributed by atoms with van der Waals surface area (Å²) in [5.41, 5.74) is -0.618. The molecule has 0 bridgehead atoms. The van der Waals surface area contributed by atoms with E-state index in [0.29, 0.717) is 6.42 Å². The van der Waals surface area contributed by atoms with Crippen LogP contribution < -0.4 is 0 Å². The maximum absolute atomic E-state index is 12.2. The van der Waals surface area contributed by atoms with Crippen LogP contribution in [0.15, 0.2) is 36.0 Å². The van der Waals surface area contributed by atoms with Crippen LogP contribution in [-0.2, 0) is 0 Å². The lowest BCUT2D eigenvalue weighted by Gasteiger charge is -2.05. The molecule has 3 heteroatoms. The van der Waals surface area contributed by atoms with E-state index in [1.54, 1.807) is 19.9 Å². The minimum absolute atomic E-state index is 0.600. The highest BCUT2D eigenvalue weighted by molar-refractivity contribution is 5.27. The molecule has 0 aromatic heterocycles. The van der Waals surface area contributed by atoms with Crippen LogP contribution in [0.2, 0.25) is 0 Å². The smallest absolute Gasteiger partial charge is 0.166 e. The van der Waals surface area contributed by atoms with Crippen molar-refractivity contribution in [1.29, 1.82) is 0 Å². The molecule has 13 heavy (non-hydrogen) atoms. The Bertz CT molecular complexity index is 219. The SMILES string of the molecule is C\C=C/C=C(\C=C\CC)C(F)(F)F. The standard InChI is InChI=1S/C10H13F3/c1-3-5-7-9(8-6-4-2)10(11,12)13/h3,5-8H,4H2,1-2H3/b5-3-,8-6+,9-7+. The third-order valence-electron chi connectivity index (χ3n) is 1.33. The number of hydrogen-bond acceptors (Lipinski definition) is 0. The molecule has 0 amide bonds. The molecule has 0 aliphatic carbocycles. The molecule has 0 spiro atoms. The average Bonchev–Trinajstić information content (AvgIpc) is 2.02. The van der Waals surface area contributed by atoms with Gasteiger partial charge in [-0.25, -0.2) is 0 Å². The Balaban J connectivity index is 4.66. The van der Waals surface area contributed by atoms with Crippen molar-refractivity contribution in [3.05, 3.63) is 36.0 Å². The van der Waals surface area contributed by atoms with Crippen LogP contribution in [0.3, 0.4) is 0 Å². The van der Waals surface area contributed by atoms with Crippen LogP contribution >= 0.6 is 0 Å². The van der Waals surface area contributed by atoms with Crippen LogP contribution in [0, 0.1) is 0 Å². The van der Waals surface area contributed by atoms with Gasteiger partial charge in [0.25, 0.3) is 0 Å². The van der Waals surface area contributed by atoms with Crippen molar-refractivity contribution in [1.82, 2.24) is 0 Å². The molecular formula is C10H13F3. The van der Waals surface area contributed by atoms with Gasteiger partial charge in [-0.05, 0) is 13.3 Å². The van der Waals surface area contributed by atoms with Gasteiger partial charge in [0.1, 0.15) is 0 Å². The first-order chi connectivity index (χ1) is 6.02. The van der Waals surface area contributed by atoms with Gasteiger partial charge < -0.3 is 0 Å². The Kier molecular flexibility index (Phi) is 5.19. The van der Waals surface area contributed by atoms with Crippen molar-refractivity contribution in [3.63, 3.8) is 0 Å². The van der Waals surface area contributed by atoms with E-state index >= 15 is 0 Å². The van der Waals surface area contributed by atoms with E-state index in [9.17, 15) is 13.2 Å². The maximum Gasteiger partial charge on any atom is 0.416 e. The van der Waals surface area contributed by atoms with Crippen LogP contribution in [0.5, 0.6) is 0 Å². The Hall–Kier alpha value is -0.990. The fraction of sp³-hybridized carbons (Fsp3) is 0.400. The number of alkyl halides is 3. The highest BCUT2D eigenvalue weighted by Gasteiger charge is 2.30. The molecule has 0 aliphatic rings. The Morgan fingerprint density at radius 3 is 2.31 bits per heavy atom. The van der Waals surface area contributed by atoms with Crippen molar-refractivity contribution in [2.24, 2.45) is 0 Å². The summed E-state index contributed by atoms with van der Waals surface area (Å²) in [6.07, 6.45) is 2.93. The molecule has 0 rings (SSSR count). The molecular weight excluding hydrogens is 177 g/mol. The quantitative estimate of drug-likeness (QED) is 0.589. The van der Waals surface area contributed by atoms with Gasteiger partial charge >= 0.3 is 6.18 Å². The first-order valence-electron chi connectivity index (χ1n) is 4.09. The molecule has 0 N–H and O–H groups in total. The summed E-state index contributed by atoms with van der Waals surface area (Å²) in [5, 5.41) is 0. The lowest BCUT2D eigenvalue weighted by Crippen LogP contribution is -2.09. The van der Waals surface area contributed by atoms with E-state index in [4.69, 9.17) is 0 Å². The topological polar surface area (TPSA) is 0 Å². The zero-order valence-electron chi connectivity index (χ0n) is 7.73. The number of rotatable bonds is 3. The van der Waals surface area contributed by atoms with E-state index in [2.05, 4.69) is 0 Å². The molecule has 0 nitrogen and oxygen atoms in total. The molecule has 0 aromatic rings. The highest BCUT2D eigenvalue weighted by Crippen LogP contribution is 2.26. The van der Waals surface area contributed by atoms with Crippen molar-refractivity contribution in [2.75, 3.05) is 0 Å². The number of allylic oxidation sites excluding steroid dienone is 6. The van der Waals surface area contributed by atoms with Crippen molar-refractivity contribution in [3.8, 4) is 0 Å². The van der Waals surface area contributed by atoms with E-state index < -0.39 is 11.7 Å². The molecule has 0 radical (unpaired) electrons. The molecule has 0 saturated carbocycles. The summed E-state index contributed by atoms with van der Waals surface area (Å²) >= 11 is 0. The normalized spacial score (nSPS) is 14.7. The largest absolute Gasteiger partial charge is 0.416 e. The van der Waals surface area contributed by atoms with Crippen LogP contribution in [-0.4, -0.2) is 6.18 Å².